The summed E-state index contributed by atoms with van der Waals surface area (Å²) in [5, 5.41) is 4.22. The molecule has 0 aromatic carbocycles. The summed E-state index contributed by atoms with van der Waals surface area (Å²) < 4.78 is 1.46. The number of hydrogen-bond donors (Lipinski definition) is 1. The van der Waals surface area contributed by atoms with E-state index in [2.05, 4.69) is 22.4 Å². The van der Waals surface area contributed by atoms with Gasteiger partial charge in [-0.1, -0.05) is 44.3 Å². The summed E-state index contributed by atoms with van der Waals surface area (Å²) in [5.41, 5.74) is 1.50. The van der Waals surface area contributed by atoms with Crippen LogP contribution in [-0.4, -0.2) is 53.8 Å². The topological polar surface area (TPSA) is 52.7 Å². The maximum atomic E-state index is 12.3. The molecule has 1 atom stereocenters. The Kier molecular flexibility index (Phi) is 5.48. The SMILES string of the molecule is O=C1NCC(=O)N2CCN(Cc3c(CC4CCCCC4)sc4c3=CCCC=4)CC12. The molecule has 156 valence electrons. The van der Waals surface area contributed by atoms with Crippen LogP contribution in [0.1, 0.15) is 55.4 Å². The van der Waals surface area contributed by atoms with E-state index in [1.54, 1.807) is 9.78 Å². The third-order valence-electron chi connectivity index (χ3n) is 7.09. The molecule has 0 spiro atoms. The molecule has 1 unspecified atom stereocenters. The second-order valence-electron chi connectivity index (χ2n) is 9.03. The third kappa shape index (κ3) is 3.89. The third-order valence-corrected chi connectivity index (χ3v) is 8.35. The van der Waals surface area contributed by atoms with Gasteiger partial charge in [-0.3, -0.25) is 14.5 Å². The zero-order chi connectivity index (χ0) is 19.8. The van der Waals surface area contributed by atoms with E-state index in [0.717, 1.165) is 31.8 Å². The van der Waals surface area contributed by atoms with Gasteiger partial charge in [0, 0.05) is 35.6 Å². The van der Waals surface area contributed by atoms with Crippen LogP contribution in [-0.2, 0) is 22.6 Å². The van der Waals surface area contributed by atoms with Crippen LogP contribution in [0.25, 0.3) is 12.2 Å². The van der Waals surface area contributed by atoms with E-state index < -0.39 is 0 Å². The maximum Gasteiger partial charge on any atom is 0.244 e. The number of rotatable bonds is 4. The standard InChI is InChI=1S/C23H31N3O2S/c27-22-13-24-23(28)19-15-25(10-11-26(19)22)14-18-17-8-4-5-9-20(17)29-21(18)12-16-6-2-1-3-7-16/h8-9,16,19H,1-7,10-15H2,(H,24,28). The fourth-order valence-electron chi connectivity index (χ4n) is 5.47. The molecule has 2 saturated heterocycles. The monoisotopic (exact) mass is 413 g/mol. The van der Waals surface area contributed by atoms with E-state index in [9.17, 15) is 9.59 Å². The first-order chi connectivity index (χ1) is 14.2. The lowest BCUT2D eigenvalue weighted by molar-refractivity contribution is -0.149. The van der Waals surface area contributed by atoms with Crippen LogP contribution in [0.4, 0.5) is 0 Å². The highest BCUT2D eigenvalue weighted by molar-refractivity contribution is 7.10. The number of piperazine rings is 2. The van der Waals surface area contributed by atoms with Crippen molar-refractivity contribution in [3.8, 4) is 0 Å². The zero-order valence-electron chi connectivity index (χ0n) is 17.1. The zero-order valence-corrected chi connectivity index (χ0v) is 17.9. The van der Waals surface area contributed by atoms with E-state index >= 15 is 0 Å². The number of carbonyl (C=O) groups is 2. The summed E-state index contributed by atoms with van der Waals surface area (Å²) >= 11 is 2.01. The highest BCUT2D eigenvalue weighted by Gasteiger charge is 2.38. The molecule has 29 heavy (non-hydrogen) atoms. The summed E-state index contributed by atoms with van der Waals surface area (Å²) in [6.45, 7) is 3.23. The van der Waals surface area contributed by atoms with Crippen molar-refractivity contribution in [2.75, 3.05) is 26.2 Å². The van der Waals surface area contributed by atoms with Gasteiger partial charge in [0.15, 0.2) is 0 Å². The quantitative estimate of drug-likeness (QED) is 0.811. The summed E-state index contributed by atoms with van der Waals surface area (Å²) in [7, 11) is 0. The predicted octanol–water partition coefficient (Wildman–Crippen LogP) is 1.37. The normalized spacial score (nSPS) is 25.7. The van der Waals surface area contributed by atoms with Gasteiger partial charge < -0.3 is 10.2 Å². The molecule has 5 rings (SSSR count). The number of nitrogens with one attached hydrogen (secondary N) is 1. The van der Waals surface area contributed by atoms with E-state index in [-0.39, 0.29) is 24.4 Å². The highest BCUT2D eigenvalue weighted by Crippen LogP contribution is 2.29. The Balaban J connectivity index is 1.38. The van der Waals surface area contributed by atoms with Crippen molar-refractivity contribution in [1.29, 1.82) is 0 Å². The van der Waals surface area contributed by atoms with Crippen molar-refractivity contribution in [3.05, 3.63) is 20.2 Å². The summed E-state index contributed by atoms with van der Waals surface area (Å²) in [4.78, 5) is 30.2. The number of fused-ring (bicyclic) bond motifs is 2. The second kappa shape index (κ2) is 8.23. The lowest BCUT2D eigenvalue weighted by Gasteiger charge is -2.43. The Labute approximate surface area is 176 Å². The lowest BCUT2D eigenvalue weighted by atomic mass is 9.86. The van der Waals surface area contributed by atoms with E-state index in [1.165, 1.54) is 53.8 Å². The fraction of sp³-hybridized carbons (Fsp3) is 0.652. The van der Waals surface area contributed by atoms with Crippen LogP contribution in [0, 0.1) is 5.92 Å². The molecule has 2 aliphatic heterocycles. The summed E-state index contributed by atoms with van der Waals surface area (Å²) in [6.07, 6.45) is 15.3. The van der Waals surface area contributed by atoms with E-state index in [4.69, 9.17) is 0 Å². The average molecular weight is 414 g/mol. The average Bonchev–Trinajstić information content (AvgIpc) is 3.09. The lowest BCUT2D eigenvalue weighted by Crippen LogP contribution is -2.65. The van der Waals surface area contributed by atoms with Crippen LogP contribution >= 0.6 is 11.3 Å². The second-order valence-corrected chi connectivity index (χ2v) is 10.2. The summed E-state index contributed by atoms with van der Waals surface area (Å²) in [5.74, 6) is 0.897. The van der Waals surface area contributed by atoms with Crippen LogP contribution in [0.2, 0.25) is 0 Å². The van der Waals surface area contributed by atoms with Gasteiger partial charge in [-0.2, -0.15) is 0 Å². The largest absolute Gasteiger partial charge is 0.345 e. The Morgan fingerprint density at radius 1 is 1.07 bits per heavy atom. The van der Waals surface area contributed by atoms with Gasteiger partial charge in [-0.15, -0.1) is 11.3 Å². The van der Waals surface area contributed by atoms with Crippen molar-refractivity contribution in [1.82, 2.24) is 15.1 Å². The molecule has 1 saturated carbocycles. The maximum absolute atomic E-state index is 12.3. The van der Waals surface area contributed by atoms with Gasteiger partial charge in [0.1, 0.15) is 6.04 Å². The van der Waals surface area contributed by atoms with Gasteiger partial charge in [-0.25, -0.2) is 0 Å². The first kappa shape index (κ1) is 19.3. The van der Waals surface area contributed by atoms with Crippen LogP contribution in [0.5, 0.6) is 0 Å². The first-order valence-corrected chi connectivity index (χ1v) is 12.1. The molecular weight excluding hydrogens is 382 g/mol. The number of thiophene rings is 1. The molecule has 2 aliphatic carbocycles. The van der Waals surface area contributed by atoms with Gasteiger partial charge in [-0.05, 0) is 36.0 Å². The van der Waals surface area contributed by atoms with Crippen molar-refractivity contribution < 1.29 is 9.59 Å². The van der Waals surface area contributed by atoms with Crippen molar-refractivity contribution in [2.24, 2.45) is 5.92 Å². The van der Waals surface area contributed by atoms with Crippen molar-refractivity contribution in [3.63, 3.8) is 0 Å². The number of nitrogens with zero attached hydrogens (tertiary/aromatic N) is 2. The number of amides is 2. The number of hydrogen-bond acceptors (Lipinski definition) is 4. The molecule has 1 N–H and O–H groups in total. The van der Waals surface area contributed by atoms with Crippen molar-refractivity contribution >= 4 is 35.3 Å². The van der Waals surface area contributed by atoms with Crippen LogP contribution < -0.4 is 15.1 Å². The fourth-order valence-corrected chi connectivity index (χ4v) is 6.87. The molecule has 3 fully saturated rings. The molecule has 5 nitrogen and oxygen atoms in total. The highest BCUT2D eigenvalue weighted by atomic mass is 32.1. The summed E-state index contributed by atoms with van der Waals surface area (Å²) in [6, 6.07) is -0.322. The molecule has 3 heterocycles. The molecule has 2 amide bonds. The Morgan fingerprint density at radius 3 is 2.76 bits per heavy atom. The number of carbonyl (C=O) groups excluding carboxylic acids is 2. The molecule has 0 bridgehead atoms. The molecule has 0 radical (unpaired) electrons. The minimum absolute atomic E-state index is 0.00368. The molecule has 1 aromatic rings. The van der Waals surface area contributed by atoms with Gasteiger partial charge in [0.05, 0.1) is 6.54 Å². The first-order valence-electron chi connectivity index (χ1n) is 11.3. The molecule has 6 heteroatoms. The minimum atomic E-state index is -0.322. The Bertz CT molecular complexity index is 915. The van der Waals surface area contributed by atoms with Crippen LogP contribution in [0.15, 0.2) is 0 Å². The molecular formula is C23H31N3O2S. The minimum Gasteiger partial charge on any atom is -0.345 e. The van der Waals surface area contributed by atoms with E-state index in [1.807, 2.05) is 11.3 Å². The molecule has 4 aliphatic rings. The Morgan fingerprint density at radius 2 is 1.90 bits per heavy atom. The molecule has 1 aromatic heterocycles. The Hall–Kier alpha value is -1.66. The van der Waals surface area contributed by atoms with Crippen molar-refractivity contribution in [2.45, 2.75) is 64.0 Å². The van der Waals surface area contributed by atoms with E-state index in [0.29, 0.717) is 13.1 Å². The van der Waals surface area contributed by atoms with Gasteiger partial charge in [0.25, 0.3) is 0 Å². The predicted molar refractivity (Wildman–Crippen MR) is 116 cm³/mol. The smallest absolute Gasteiger partial charge is 0.244 e. The van der Waals surface area contributed by atoms with Gasteiger partial charge >= 0.3 is 0 Å². The van der Waals surface area contributed by atoms with Gasteiger partial charge in [0.2, 0.25) is 11.8 Å². The van der Waals surface area contributed by atoms with Crippen LogP contribution in [0.3, 0.4) is 0 Å².